The van der Waals surface area contributed by atoms with E-state index in [1.807, 2.05) is 30.3 Å². The molecule has 0 saturated heterocycles. The molecule has 0 spiro atoms. The first-order chi connectivity index (χ1) is 10.5. The summed E-state index contributed by atoms with van der Waals surface area (Å²) in [6, 6.07) is 9.28. The van der Waals surface area contributed by atoms with E-state index in [0.29, 0.717) is 0 Å². The highest BCUT2D eigenvalue weighted by molar-refractivity contribution is 7.48. The molecule has 0 amide bonds. The molecule has 0 fully saturated rings. The Balaban J connectivity index is 2.55. The third-order valence-electron chi connectivity index (χ3n) is 2.38. The van der Waals surface area contributed by atoms with Gasteiger partial charge in [-0.1, -0.05) is 30.3 Å². The average Bonchev–Trinajstić information content (AvgIpc) is 2.46. The number of esters is 1. The average molecular weight is 328 g/mol. The van der Waals surface area contributed by atoms with Crippen molar-refractivity contribution >= 4 is 13.8 Å². The van der Waals surface area contributed by atoms with E-state index in [1.54, 1.807) is 13.8 Å². The molecule has 0 bridgehead atoms. The molecule has 1 aromatic carbocycles. The van der Waals surface area contributed by atoms with Gasteiger partial charge < -0.3 is 9.26 Å². The van der Waals surface area contributed by atoms with Crippen LogP contribution in [0, 0.1) is 0 Å². The van der Waals surface area contributed by atoms with Crippen LogP contribution in [0.2, 0.25) is 0 Å². The molecular formula is C15H21O6P. The number of rotatable bonds is 9. The van der Waals surface area contributed by atoms with E-state index in [4.69, 9.17) is 18.3 Å². The minimum Gasteiger partial charge on any atom is -0.458 e. The first-order valence-electron chi connectivity index (χ1n) is 6.96. The lowest BCUT2D eigenvalue weighted by Gasteiger charge is -2.17. The predicted octanol–water partition coefficient (Wildman–Crippen LogP) is 3.83. The molecule has 0 aromatic heterocycles. The Labute approximate surface area is 130 Å². The second-order valence-electron chi connectivity index (χ2n) is 4.22. The summed E-state index contributed by atoms with van der Waals surface area (Å²) in [6.45, 7) is 5.31. The number of ether oxygens (including phenoxy) is 1. The van der Waals surface area contributed by atoms with Crippen LogP contribution >= 0.6 is 7.82 Å². The van der Waals surface area contributed by atoms with Crippen LogP contribution in [0.1, 0.15) is 26.3 Å². The fraction of sp³-hybridized carbons (Fsp3) is 0.400. The second-order valence-corrected chi connectivity index (χ2v) is 5.82. The smallest absolute Gasteiger partial charge is 0.458 e. The van der Waals surface area contributed by atoms with Crippen molar-refractivity contribution in [3.05, 3.63) is 47.7 Å². The molecule has 0 aliphatic carbocycles. The van der Waals surface area contributed by atoms with Crippen LogP contribution in [0.25, 0.3) is 0 Å². The highest BCUT2D eigenvalue weighted by Gasteiger charge is 2.27. The number of allylic oxidation sites excluding steroid dienone is 1. The number of carbonyl (C=O) groups is 1. The standard InChI is InChI=1S/C15H21O6P/c1-4-19-22(17,20-5-2)21-13(3)11-15(16)18-12-14-9-7-6-8-10-14/h6-11H,4-5,12H2,1-3H3/b13-11-. The third kappa shape index (κ3) is 6.89. The minimum atomic E-state index is -3.68. The minimum absolute atomic E-state index is 0.100. The maximum atomic E-state index is 12.1. The Morgan fingerprint density at radius 1 is 1.14 bits per heavy atom. The number of hydrogen-bond donors (Lipinski definition) is 0. The van der Waals surface area contributed by atoms with Gasteiger partial charge in [-0.3, -0.25) is 9.05 Å². The molecule has 22 heavy (non-hydrogen) atoms. The summed E-state index contributed by atoms with van der Waals surface area (Å²) in [5, 5.41) is 0. The van der Waals surface area contributed by atoms with Gasteiger partial charge in [0.15, 0.2) is 0 Å². The SMILES string of the molecule is CCOP(=O)(OCC)O/C(C)=C\C(=O)OCc1ccccc1. The van der Waals surface area contributed by atoms with Crippen molar-refractivity contribution in [2.24, 2.45) is 0 Å². The molecule has 0 aliphatic heterocycles. The van der Waals surface area contributed by atoms with E-state index in [9.17, 15) is 9.36 Å². The Morgan fingerprint density at radius 2 is 1.73 bits per heavy atom. The topological polar surface area (TPSA) is 71.1 Å². The molecule has 0 N–H and O–H groups in total. The number of hydrogen-bond acceptors (Lipinski definition) is 6. The molecule has 122 valence electrons. The monoisotopic (exact) mass is 328 g/mol. The summed E-state index contributed by atoms with van der Waals surface area (Å²) in [4.78, 5) is 11.7. The quantitative estimate of drug-likeness (QED) is 0.297. The summed E-state index contributed by atoms with van der Waals surface area (Å²) in [5.74, 6) is -0.496. The van der Waals surface area contributed by atoms with Crippen molar-refractivity contribution in [2.75, 3.05) is 13.2 Å². The molecule has 0 atom stereocenters. The molecule has 0 unspecified atom stereocenters. The van der Waals surface area contributed by atoms with Crippen LogP contribution in [-0.4, -0.2) is 19.2 Å². The molecule has 0 saturated carbocycles. The third-order valence-corrected chi connectivity index (χ3v) is 4.04. The molecule has 1 aromatic rings. The van der Waals surface area contributed by atoms with E-state index in [2.05, 4.69) is 0 Å². The lowest BCUT2D eigenvalue weighted by Crippen LogP contribution is -2.04. The van der Waals surface area contributed by atoms with Crippen molar-refractivity contribution in [3.63, 3.8) is 0 Å². The first kappa shape index (κ1) is 18.4. The summed E-state index contributed by atoms with van der Waals surface area (Å²) >= 11 is 0. The van der Waals surface area contributed by atoms with Gasteiger partial charge in [0.25, 0.3) is 0 Å². The highest BCUT2D eigenvalue weighted by atomic mass is 31.2. The Morgan fingerprint density at radius 3 is 2.27 bits per heavy atom. The number of carbonyl (C=O) groups excluding carboxylic acids is 1. The van der Waals surface area contributed by atoms with Crippen molar-refractivity contribution in [2.45, 2.75) is 27.4 Å². The van der Waals surface area contributed by atoms with Crippen molar-refractivity contribution in [1.82, 2.24) is 0 Å². The van der Waals surface area contributed by atoms with Crippen molar-refractivity contribution in [3.8, 4) is 0 Å². The van der Waals surface area contributed by atoms with Crippen LogP contribution in [0.4, 0.5) is 0 Å². The number of phosphoric acid groups is 1. The van der Waals surface area contributed by atoms with Crippen LogP contribution in [0.15, 0.2) is 42.2 Å². The molecule has 7 heteroatoms. The van der Waals surface area contributed by atoms with Gasteiger partial charge in [-0.15, -0.1) is 0 Å². The summed E-state index contributed by atoms with van der Waals surface area (Å²) in [5.41, 5.74) is 0.872. The Kier molecular flexibility index (Phi) is 7.88. The van der Waals surface area contributed by atoms with Gasteiger partial charge in [0.2, 0.25) is 0 Å². The van der Waals surface area contributed by atoms with Crippen LogP contribution < -0.4 is 0 Å². The van der Waals surface area contributed by atoms with Crippen LogP contribution in [0.3, 0.4) is 0 Å². The van der Waals surface area contributed by atoms with Gasteiger partial charge in [0.05, 0.1) is 19.3 Å². The van der Waals surface area contributed by atoms with Crippen LogP contribution in [0.5, 0.6) is 0 Å². The molecule has 0 radical (unpaired) electrons. The Hall–Kier alpha value is -1.62. The van der Waals surface area contributed by atoms with Crippen molar-refractivity contribution in [1.29, 1.82) is 0 Å². The molecule has 6 nitrogen and oxygen atoms in total. The molecule has 1 rings (SSSR count). The van der Waals surface area contributed by atoms with Gasteiger partial charge in [-0.05, 0) is 26.3 Å². The maximum Gasteiger partial charge on any atom is 0.529 e. The molecule has 0 aliphatic rings. The fourth-order valence-corrected chi connectivity index (χ4v) is 2.76. The lowest BCUT2D eigenvalue weighted by atomic mass is 10.2. The summed E-state index contributed by atoms with van der Waals surface area (Å²) < 4.78 is 32.2. The molecule has 0 heterocycles. The first-order valence-corrected chi connectivity index (χ1v) is 8.43. The zero-order valence-corrected chi connectivity index (χ0v) is 13.9. The lowest BCUT2D eigenvalue weighted by molar-refractivity contribution is -0.139. The fourth-order valence-electron chi connectivity index (χ4n) is 1.55. The van der Waals surface area contributed by atoms with E-state index in [1.165, 1.54) is 6.92 Å². The largest absolute Gasteiger partial charge is 0.529 e. The van der Waals surface area contributed by atoms with Gasteiger partial charge in [0.1, 0.15) is 12.4 Å². The van der Waals surface area contributed by atoms with Gasteiger partial charge in [-0.2, -0.15) is 0 Å². The van der Waals surface area contributed by atoms with Crippen molar-refractivity contribution < 1.29 is 27.7 Å². The number of phosphoric ester groups is 1. The summed E-state index contributed by atoms with van der Waals surface area (Å²) in [7, 11) is -3.68. The molecular weight excluding hydrogens is 307 g/mol. The zero-order valence-electron chi connectivity index (χ0n) is 13.0. The predicted molar refractivity (Wildman–Crippen MR) is 81.9 cm³/mol. The van der Waals surface area contributed by atoms with Gasteiger partial charge >= 0.3 is 13.8 Å². The summed E-state index contributed by atoms with van der Waals surface area (Å²) in [6.07, 6.45) is 1.10. The number of benzene rings is 1. The van der Waals surface area contributed by atoms with E-state index in [0.717, 1.165) is 11.6 Å². The normalized spacial score (nSPS) is 12.0. The highest BCUT2D eigenvalue weighted by Crippen LogP contribution is 2.51. The van der Waals surface area contributed by atoms with Gasteiger partial charge in [-0.25, -0.2) is 9.36 Å². The maximum absolute atomic E-state index is 12.1. The second kappa shape index (κ2) is 9.41. The van der Waals surface area contributed by atoms with Gasteiger partial charge in [0, 0.05) is 0 Å². The van der Waals surface area contributed by atoms with E-state index in [-0.39, 0.29) is 25.6 Å². The zero-order chi connectivity index (χ0) is 16.4. The van der Waals surface area contributed by atoms with E-state index < -0.39 is 13.8 Å². The Bertz CT molecular complexity index is 530. The van der Waals surface area contributed by atoms with E-state index >= 15 is 0 Å². The van der Waals surface area contributed by atoms with Crippen LogP contribution in [-0.2, 0) is 34.3 Å².